The molecule has 0 saturated heterocycles. The van der Waals surface area contributed by atoms with E-state index in [-0.39, 0.29) is 6.10 Å². The number of aromatic nitrogens is 1. The Labute approximate surface area is 94.0 Å². The molecule has 1 fully saturated rings. The minimum Gasteiger partial charge on any atom is -0.477 e. The fourth-order valence-electron chi connectivity index (χ4n) is 1.21. The Balaban J connectivity index is 2.39. The molecule has 1 heterocycles. The van der Waals surface area contributed by atoms with Crippen LogP contribution in [-0.4, -0.2) is 22.2 Å². The molecule has 1 aromatic heterocycles. The van der Waals surface area contributed by atoms with Gasteiger partial charge in [0.15, 0.2) is 5.69 Å². The molecule has 1 N–H and O–H groups in total. The van der Waals surface area contributed by atoms with Crippen molar-refractivity contribution < 1.29 is 27.8 Å². The first-order valence-electron chi connectivity index (χ1n) is 4.86. The van der Waals surface area contributed by atoms with Crippen molar-refractivity contribution in [2.45, 2.75) is 25.1 Å². The van der Waals surface area contributed by atoms with Crippen molar-refractivity contribution in [2.24, 2.45) is 0 Å². The predicted molar refractivity (Wildman–Crippen MR) is 49.8 cm³/mol. The summed E-state index contributed by atoms with van der Waals surface area (Å²) >= 11 is 0. The molecule has 92 valence electrons. The molecule has 0 amide bonds. The van der Waals surface area contributed by atoms with Crippen LogP contribution in [0.4, 0.5) is 13.2 Å². The van der Waals surface area contributed by atoms with Gasteiger partial charge in [0, 0.05) is 0 Å². The first kappa shape index (κ1) is 11.7. The summed E-state index contributed by atoms with van der Waals surface area (Å²) in [6.07, 6.45) is -3.56. The molecule has 0 unspecified atom stereocenters. The van der Waals surface area contributed by atoms with Gasteiger partial charge in [-0.25, -0.2) is 9.78 Å². The summed E-state index contributed by atoms with van der Waals surface area (Å²) < 4.78 is 42.7. The third kappa shape index (κ3) is 2.66. The number of halogens is 3. The molecule has 0 bridgehead atoms. The van der Waals surface area contributed by atoms with Gasteiger partial charge in [-0.15, -0.1) is 0 Å². The summed E-state index contributed by atoms with van der Waals surface area (Å²) in [5.41, 5.74) is -1.51. The molecule has 0 atom stereocenters. The Morgan fingerprint density at radius 1 is 1.41 bits per heavy atom. The first-order valence-corrected chi connectivity index (χ1v) is 4.86. The van der Waals surface area contributed by atoms with Crippen LogP contribution in [0.15, 0.2) is 12.1 Å². The van der Waals surface area contributed by atoms with Crippen molar-refractivity contribution in [3.63, 3.8) is 0 Å². The van der Waals surface area contributed by atoms with Gasteiger partial charge in [-0.05, 0) is 25.0 Å². The van der Waals surface area contributed by atoms with Crippen molar-refractivity contribution in [3.05, 3.63) is 23.4 Å². The van der Waals surface area contributed by atoms with E-state index in [4.69, 9.17) is 9.84 Å². The number of nitrogens with zero attached hydrogens (tertiary/aromatic N) is 1. The Bertz CT molecular complexity index is 455. The minimum absolute atomic E-state index is 0.285. The summed E-state index contributed by atoms with van der Waals surface area (Å²) in [6, 6.07) is 1.49. The topological polar surface area (TPSA) is 59.4 Å². The molecule has 2 rings (SSSR count). The van der Waals surface area contributed by atoms with Gasteiger partial charge in [0.1, 0.15) is 11.7 Å². The van der Waals surface area contributed by atoms with E-state index in [2.05, 4.69) is 4.98 Å². The van der Waals surface area contributed by atoms with Crippen LogP contribution in [0.5, 0.6) is 5.88 Å². The number of carboxylic acids is 1. The van der Waals surface area contributed by atoms with Crippen LogP contribution in [-0.2, 0) is 6.18 Å². The number of pyridine rings is 1. The lowest BCUT2D eigenvalue weighted by molar-refractivity contribution is -0.139. The van der Waals surface area contributed by atoms with Crippen LogP contribution in [0.1, 0.15) is 28.9 Å². The van der Waals surface area contributed by atoms with Gasteiger partial charge in [-0.1, -0.05) is 0 Å². The number of ether oxygens (including phenoxy) is 1. The zero-order chi connectivity index (χ0) is 12.6. The standard InChI is InChI=1S/C10H8F3NO3/c11-10(12,13)6-3-4-7(9(15)16)14-8(6)17-5-1-2-5/h3-5H,1-2H2,(H,15,16). The van der Waals surface area contributed by atoms with Gasteiger partial charge in [-0.2, -0.15) is 13.2 Å². The second kappa shape index (κ2) is 3.90. The maximum Gasteiger partial charge on any atom is 0.421 e. The Morgan fingerprint density at radius 3 is 2.53 bits per heavy atom. The lowest BCUT2D eigenvalue weighted by Crippen LogP contribution is -2.13. The average Bonchev–Trinajstić information content (AvgIpc) is 2.99. The molecule has 17 heavy (non-hydrogen) atoms. The zero-order valence-corrected chi connectivity index (χ0v) is 8.49. The van der Waals surface area contributed by atoms with Crippen molar-refractivity contribution in [1.29, 1.82) is 0 Å². The van der Waals surface area contributed by atoms with E-state index in [9.17, 15) is 18.0 Å². The summed E-state index contributed by atoms with van der Waals surface area (Å²) in [5, 5.41) is 8.65. The van der Waals surface area contributed by atoms with Crippen molar-refractivity contribution in [3.8, 4) is 5.88 Å². The quantitative estimate of drug-likeness (QED) is 0.890. The van der Waals surface area contributed by atoms with Crippen LogP contribution in [0.25, 0.3) is 0 Å². The first-order chi connectivity index (χ1) is 7.88. The summed E-state index contributed by atoms with van der Waals surface area (Å²) in [5.74, 6) is -2.04. The van der Waals surface area contributed by atoms with E-state index in [1.54, 1.807) is 0 Å². The third-order valence-electron chi connectivity index (χ3n) is 2.19. The molecular weight excluding hydrogens is 239 g/mol. The third-order valence-corrected chi connectivity index (χ3v) is 2.19. The van der Waals surface area contributed by atoms with E-state index in [1.807, 2.05) is 0 Å². The second-order valence-electron chi connectivity index (χ2n) is 3.67. The molecule has 1 aromatic rings. The van der Waals surface area contributed by atoms with E-state index >= 15 is 0 Å². The number of rotatable bonds is 3. The van der Waals surface area contributed by atoms with Crippen LogP contribution in [0, 0.1) is 0 Å². The lowest BCUT2D eigenvalue weighted by Gasteiger charge is -2.12. The molecule has 7 heteroatoms. The fourth-order valence-corrected chi connectivity index (χ4v) is 1.21. The van der Waals surface area contributed by atoms with Crippen LogP contribution in [0.3, 0.4) is 0 Å². The molecule has 0 spiro atoms. The van der Waals surface area contributed by atoms with Crippen LogP contribution in [0.2, 0.25) is 0 Å². The van der Waals surface area contributed by atoms with Crippen molar-refractivity contribution in [1.82, 2.24) is 4.98 Å². The maximum atomic E-state index is 12.6. The number of carbonyl (C=O) groups is 1. The second-order valence-corrected chi connectivity index (χ2v) is 3.67. The summed E-state index contributed by atoms with van der Waals surface area (Å²) in [7, 11) is 0. The lowest BCUT2D eigenvalue weighted by atomic mass is 10.2. The largest absolute Gasteiger partial charge is 0.477 e. The van der Waals surface area contributed by atoms with Gasteiger partial charge in [0.05, 0.1) is 0 Å². The van der Waals surface area contributed by atoms with E-state index in [0.717, 1.165) is 6.07 Å². The monoisotopic (exact) mass is 247 g/mol. The number of hydrogen-bond donors (Lipinski definition) is 1. The normalized spacial score (nSPS) is 15.7. The number of hydrogen-bond acceptors (Lipinski definition) is 3. The number of aromatic carboxylic acids is 1. The molecule has 0 aliphatic heterocycles. The molecular formula is C10H8F3NO3. The van der Waals surface area contributed by atoms with E-state index in [0.29, 0.717) is 18.9 Å². The fraction of sp³-hybridized carbons (Fsp3) is 0.400. The Hall–Kier alpha value is -1.79. The predicted octanol–water partition coefficient (Wildman–Crippen LogP) is 2.34. The zero-order valence-electron chi connectivity index (χ0n) is 8.49. The highest BCUT2D eigenvalue weighted by Gasteiger charge is 2.37. The van der Waals surface area contributed by atoms with E-state index in [1.165, 1.54) is 0 Å². The van der Waals surface area contributed by atoms with E-state index < -0.39 is 29.3 Å². The highest BCUT2D eigenvalue weighted by molar-refractivity contribution is 5.85. The van der Waals surface area contributed by atoms with Crippen LogP contribution >= 0.6 is 0 Å². The SMILES string of the molecule is O=C(O)c1ccc(C(F)(F)F)c(OC2CC2)n1. The van der Waals surface area contributed by atoms with Gasteiger partial charge >= 0.3 is 12.1 Å². The highest BCUT2D eigenvalue weighted by Crippen LogP contribution is 2.37. The highest BCUT2D eigenvalue weighted by atomic mass is 19.4. The molecule has 1 saturated carbocycles. The van der Waals surface area contributed by atoms with Crippen molar-refractivity contribution >= 4 is 5.97 Å². The average molecular weight is 247 g/mol. The summed E-state index contributed by atoms with van der Waals surface area (Å²) in [4.78, 5) is 14.0. The van der Waals surface area contributed by atoms with Gasteiger partial charge in [-0.3, -0.25) is 0 Å². The molecule has 1 aliphatic rings. The smallest absolute Gasteiger partial charge is 0.421 e. The Kier molecular flexibility index (Phi) is 2.68. The summed E-state index contributed by atoms with van der Waals surface area (Å²) in [6.45, 7) is 0. The molecule has 1 aliphatic carbocycles. The van der Waals surface area contributed by atoms with Crippen LogP contribution < -0.4 is 4.74 Å². The molecule has 0 radical (unpaired) electrons. The van der Waals surface area contributed by atoms with Gasteiger partial charge in [0.2, 0.25) is 5.88 Å². The number of carboxylic acid groups (broad SMARTS) is 1. The molecule has 0 aromatic carbocycles. The van der Waals surface area contributed by atoms with Gasteiger partial charge in [0.25, 0.3) is 0 Å². The number of alkyl halides is 3. The Morgan fingerprint density at radius 2 is 2.06 bits per heavy atom. The van der Waals surface area contributed by atoms with Crippen molar-refractivity contribution in [2.75, 3.05) is 0 Å². The minimum atomic E-state index is -4.60. The molecule has 4 nitrogen and oxygen atoms in total. The maximum absolute atomic E-state index is 12.6. The van der Waals surface area contributed by atoms with Gasteiger partial charge < -0.3 is 9.84 Å².